The molecular weight excluding hydrogens is 312 g/mol. The van der Waals surface area contributed by atoms with Crippen molar-refractivity contribution >= 4 is 28.4 Å². The predicted molar refractivity (Wildman–Crippen MR) is 91.5 cm³/mol. The molecule has 2 rings (SSSR count). The molecule has 1 heterocycles. The average molecular weight is 332 g/mol. The van der Waals surface area contributed by atoms with Gasteiger partial charge in [0.25, 0.3) is 0 Å². The quantitative estimate of drug-likeness (QED) is 0.785. The molecule has 1 aromatic carbocycles. The first-order valence-electron chi connectivity index (χ1n) is 7.21. The summed E-state index contributed by atoms with van der Waals surface area (Å²) in [5.74, 6) is -0.223. The zero-order valence-corrected chi connectivity index (χ0v) is 14.2. The van der Waals surface area contributed by atoms with Crippen molar-refractivity contribution in [3.8, 4) is 0 Å². The van der Waals surface area contributed by atoms with E-state index in [1.165, 1.54) is 11.3 Å². The van der Waals surface area contributed by atoms with Crippen LogP contribution >= 0.6 is 11.3 Å². The Balaban J connectivity index is 2.10. The fraction of sp³-hybridized carbons (Fsp3) is 0.312. The van der Waals surface area contributed by atoms with Crippen molar-refractivity contribution in [2.24, 2.45) is 5.73 Å². The molecule has 0 unspecified atom stereocenters. The van der Waals surface area contributed by atoms with Crippen LogP contribution in [0.2, 0.25) is 0 Å². The van der Waals surface area contributed by atoms with Crippen molar-refractivity contribution in [3.05, 3.63) is 46.0 Å². The van der Waals surface area contributed by atoms with Crippen molar-refractivity contribution < 1.29 is 9.59 Å². The monoisotopic (exact) mass is 332 g/mol. The lowest BCUT2D eigenvalue weighted by atomic mass is 10.0. The molecule has 0 aliphatic rings. The van der Waals surface area contributed by atoms with E-state index in [1.807, 2.05) is 45.0 Å². The molecule has 0 bridgehead atoms. The van der Waals surface area contributed by atoms with Gasteiger partial charge in [0.05, 0.1) is 18.2 Å². The molecular formula is C16H20N4O2S. The first kappa shape index (κ1) is 17.0. The second kappa shape index (κ2) is 7.23. The number of urea groups is 1. The summed E-state index contributed by atoms with van der Waals surface area (Å²) in [6.07, 6.45) is 0.0874. The number of carbonyl (C=O) groups excluding carboxylic acids is 2. The normalized spacial score (nSPS) is 11.8. The highest BCUT2D eigenvalue weighted by Gasteiger charge is 2.18. The molecule has 7 heteroatoms. The first-order valence-corrected chi connectivity index (χ1v) is 8.03. The molecule has 23 heavy (non-hydrogen) atoms. The van der Waals surface area contributed by atoms with Crippen LogP contribution in [0, 0.1) is 20.8 Å². The van der Waals surface area contributed by atoms with Gasteiger partial charge >= 0.3 is 6.03 Å². The minimum atomic E-state index is -0.662. The summed E-state index contributed by atoms with van der Waals surface area (Å²) >= 11 is 1.43. The Hall–Kier alpha value is -2.41. The average Bonchev–Trinajstić information content (AvgIpc) is 2.75. The van der Waals surface area contributed by atoms with E-state index in [9.17, 15) is 9.59 Å². The van der Waals surface area contributed by atoms with Crippen molar-refractivity contribution in [1.29, 1.82) is 0 Å². The Morgan fingerprint density at radius 1 is 1.30 bits per heavy atom. The van der Waals surface area contributed by atoms with Crippen molar-refractivity contribution in [2.75, 3.05) is 5.32 Å². The van der Waals surface area contributed by atoms with Gasteiger partial charge in [-0.25, -0.2) is 9.78 Å². The van der Waals surface area contributed by atoms with Gasteiger partial charge in [0.1, 0.15) is 0 Å². The molecule has 0 radical (unpaired) electrons. The summed E-state index contributed by atoms with van der Waals surface area (Å²) in [5.41, 5.74) is 8.01. The summed E-state index contributed by atoms with van der Waals surface area (Å²) < 4.78 is 0. The Kier molecular flexibility index (Phi) is 5.33. The third-order valence-electron chi connectivity index (χ3n) is 3.43. The summed E-state index contributed by atoms with van der Waals surface area (Å²) in [4.78, 5) is 28.8. The minimum absolute atomic E-state index is 0.0874. The number of benzene rings is 1. The van der Waals surface area contributed by atoms with Crippen LogP contribution in [0.3, 0.4) is 0 Å². The van der Waals surface area contributed by atoms with Crippen LogP contribution < -0.4 is 16.4 Å². The Morgan fingerprint density at radius 3 is 2.61 bits per heavy atom. The highest BCUT2D eigenvalue weighted by atomic mass is 32.1. The number of rotatable bonds is 5. The standard InChI is InChI=1S/C16H20N4O2S/c1-9-5-4-6-12(7-9)13(19-15(17)22)8-14(21)20-16-18-10(2)11(3)23-16/h4-7,13H,8H2,1-3H3,(H3,17,19,22)(H,18,20,21)/t13-/m0/s1. The number of nitrogens with two attached hydrogens (primary N) is 1. The largest absolute Gasteiger partial charge is 0.352 e. The zero-order valence-electron chi connectivity index (χ0n) is 13.3. The number of primary amides is 1. The molecule has 2 aromatic rings. The zero-order chi connectivity index (χ0) is 17.0. The van der Waals surface area contributed by atoms with E-state index in [0.717, 1.165) is 21.7 Å². The van der Waals surface area contributed by atoms with E-state index in [-0.39, 0.29) is 12.3 Å². The van der Waals surface area contributed by atoms with Crippen LogP contribution in [0.25, 0.3) is 0 Å². The third-order valence-corrected chi connectivity index (χ3v) is 4.41. The smallest absolute Gasteiger partial charge is 0.312 e. The van der Waals surface area contributed by atoms with E-state index in [2.05, 4.69) is 15.6 Å². The van der Waals surface area contributed by atoms with E-state index in [4.69, 9.17) is 5.73 Å². The first-order chi connectivity index (χ1) is 10.8. The molecule has 0 fully saturated rings. The maximum absolute atomic E-state index is 12.2. The molecule has 6 nitrogen and oxygen atoms in total. The number of amides is 3. The van der Waals surface area contributed by atoms with Gasteiger partial charge in [0, 0.05) is 4.88 Å². The topological polar surface area (TPSA) is 97.1 Å². The van der Waals surface area contributed by atoms with Gasteiger partial charge in [0.15, 0.2) is 5.13 Å². The van der Waals surface area contributed by atoms with Crippen LogP contribution in [-0.4, -0.2) is 16.9 Å². The number of hydrogen-bond donors (Lipinski definition) is 3. The fourth-order valence-electron chi connectivity index (χ4n) is 2.19. The molecule has 0 saturated carbocycles. The summed E-state index contributed by atoms with van der Waals surface area (Å²) in [5, 5.41) is 5.95. The summed E-state index contributed by atoms with van der Waals surface area (Å²) in [6, 6.07) is 6.47. The van der Waals surface area contributed by atoms with E-state index < -0.39 is 12.1 Å². The molecule has 0 aliphatic heterocycles. The Morgan fingerprint density at radius 2 is 2.04 bits per heavy atom. The van der Waals surface area contributed by atoms with Gasteiger partial charge in [-0.2, -0.15) is 0 Å². The lowest BCUT2D eigenvalue weighted by molar-refractivity contribution is -0.116. The number of aromatic nitrogens is 1. The van der Waals surface area contributed by atoms with Crippen molar-refractivity contribution in [1.82, 2.24) is 10.3 Å². The summed E-state index contributed by atoms with van der Waals surface area (Å²) in [7, 11) is 0. The number of hydrogen-bond acceptors (Lipinski definition) is 4. The molecule has 1 aromatic heterocycles. The minimum Gasteiger partial charge on any atom is -0.352 e. The number of nitrogens with one attached hydrogen (secondary N) is 2. The number of aryl methyl sites for hydroxylation is 3. The highest BCUT2D eigenvalue weighted by Crippen LogP contribution is 2.23. The van der Waals surface area contributed by atoms with Crippen LogP contribution in [-0.2, 0) is 4.79 Å². The maximum Gasteiger partial charge on any atom is 0.312 e. The molecule has 4 N–H and O–H groups in total. The van der Waals surface area contributed by atoms with Gasteiger partial charge in [-0.15, -0.1) is 11.3 Å². The molecule has 0 saturated heterocycles. The number of nitrogens with zero attached hydrogens (tertiary/aromatic N) is 1. The van der Waals surface area contributed by atoms with Crippen LogP contribution in [0.15, 0.2) is 24.3 Å². The van der Waals surface area contributed by atoms with E-state index in [0.29, 0.717) is 5.13 Å². The lowest BCUT2D eigenvalue weighted by Gasteiger charge is -2.17. The van der Waals surface area contributed by atoms with Gasteiger partial charge in [-0.3, -0.25) is 4.79 Å². The third kappa shape index (κ3) is 4.79. The highest BCUT2D eigenvalue weighted by molar-refractivity contribution is 7.15. The van der Waals surface area contributed by atoms with Crippen molar-refractivity contribution in [3.63, 3.8) is 0 Å². The maximum atomic E-state index is 12.2. The number of carbonyl (C=O) groups is 2. The second-order valence-electron chi connectivity index (χ2n) is 5.39. The lowest BCUT2D eigenvalue weighted by Crippen LogP contribution is -2.35. The molecule has 0 spiro atoms. The van der Waals surface area contributed by atoms with Crippen LogP contribution in [0.4, 0.5) is 9.93 Å². The Bertz CT molecular complexity index is 707. The predicted octanol–water partition coefficient (Wildman–Crippen LogP) is 2.81. The van der Waals surface area contributed by atoms with Gasteiger partial charge in [-0.1, -0.05) is 29.8 Å². The van der Waals surface area contributed by atoms with Crippen LogP contribution in [0.5, 0.6) is 0 Å². The molecule has 1 atom stereocenters. The fourth-order valence-corrected chi connectivity index (χ4v) is 3.02. The molecule has 3 amide bonds. The van der Waals surface area contributed by atoms with Crippen LogP contribution in [0.1, 0.15) is 34.2 Å². The van der Waals surface area contributed by atoms with Gasteiger partial charge in [-0.05, 0) is 26.3 Å². The van der Waals surface area contributed by atoms with Crippen molar-refractivity contribution in [2.45, 2.75) is 33.2 Å². The molecule has 0 aliphatic carbocycles. The SMILES string of the molecule is Cc1cccc([C@H](CC(=O)Nc2nc(C)c(C)s2)NC(N)=O)c1. The second-order valence-corrected chi connectivity index (χ2v) is 6.59. The molecule has 122 valence electrons. The summed E-state index contributed by atoms with van der Waals surface area (Å²) in [6.45, 7) is 5.80. The van der Waals surface area contributed by atoms with E-state index >= 15 is 0 Å². The van der Waals surface area contributed by atoms with Gasteiger partial charge in [0.2, 0.25) is 5.91 Å². The Labute approximate surface area is 139 Å². The number of thiazole rings is 1. The number of anilines is 1. The van der Waals surface area contributed by atoms with E-state index in [1.54, 1.807) is 0 Å². The van der Waals surface area contributed by atoms with Gasteiger partial charge < -0.3 is 16.4 Å².